The molecular formula is C4H7Br. The van der Waals surface area contributed by atoms with Gasteiger partial charge in [-0.3, -0.25) is 0 Å². The summed E-state index contributed by atoms with van der Waals surface area (Å²) in [6.07, 6.45) is 1.39. The average Bonchev–Trinajstić information content (AvgIpc) is 1.79. The first-order valence-electron chi connectivity index (χ1n) is 1.95. The Labute approximate surface area is 40.7 Å². The van der Waals surface area contributed by atoms with Gasteiger partial charge in [-0.15, -0.1) is 0 Å². The van der Waals surface area contributed by atoms with E-state index in [9.17, 15) is 0 Å². The van der Waals surface area contributed by atoms with E-state index < -0.39 is 0 Å². The van der Waals surface area contributed by atoms with Crippen LogP contribution in [0.4, 0.5) is 0 Å². The Hall–Kier alpha value is 0.480. The summed E-state index contributed by atoms with van der Waals surface area (Å²) in [5, 5.41) is 0. The molecule has 0 unspecified atom stereocenters. The van der Waals surface area contributed by atoms with Crippen molar-refractivity contribution in [2.24, 2.45) is 5.92 Å². The molecule has 0 nitrogen and oxygen atoms in total. The fraction of sp³-hybridized carbons (Fsp3) is 1.00. The Morgan fingerprint density at radius 3 is 2.00 bits per heavy atom. The van der Waals surface area contributed by atoms with Crippen LogP contribution in [0.25, 0.3) is 0 Å². The van der Waals surface area contributed by atoms with Crippen LogP contribution in [0.5, 0.6) is 0 Å². The quantitative estimate of drug-likeness (QED) is 0.444. The minimum Gasteiger partial charge on any atom is -0.0888 e. The largest absolute Gasteiger partial charge is 0.0888 e. The molecule has 0 bridgehead atoms. The van der Waals surface area contributed by atoms with Crippen molar-refractivity contribution < 1.29 is 0 Å². The molecule has 0 aromatic rings. The third kappa shape index (κ3) is 0.656. The number of rotatable bonds is 0. The minimum atomic E-state index is 0.863. The van der Waals surface area contributed by atoms with Crippen LogP contribution in [0.3, 0.4) is 0 Å². The number of alkyl halides is 1. The fourth-order valence-electron chi connectivity index (χ4n) is 0.277. The van der Waals surface area contributed by atoms with Crippen molar-refractivity contribution in [2.75, 3.05) is 0 Å². The highest BCUT2D eigenvalue weighted by molar-refractivity contribution is 9.09. The van der Waals surface area contributed by atoms with Gasteiger partial charge in [0.15, 0.2) is 0 Å². The first kappa shape index (κ1) is 3.66. The normalized spacial score (nSPS) is 49.2. The van der Waals surface area contributed by atoms with Gasteiger partial charge in [0.2, 0.25) is 0 Å². The van der Waals surface area contributed by atoms with Gasteiger partial charge in [0.1, 0.15) is 0 Å². The van der Waals surface area contributed by atoms with Crippen LogP contribution in [-0.2, 0) is 0 Å². The van der Waals surface area contributed by atoms with Crippen LogP contribution >= 0.6 is 15.9 Å². The van der Waals surface area contributed by atoms with Gasteiger partial charge >= 0.3 is 0 Å². The van der Waals surface area contributed by atoms with Crippen LogP contribution in [0.15, 0.2) is 0 Å². The Balaban J connectivity index is 2.20. The van der Waals surface area contributed by atoms with Gasteiger partial charge < -0.3 is 0 Å². The van der Waals surface area contributed by atoms with Crippen molar-refractivity contribution in [1.82, 2.24) is 0 Å². The lowest BCUT2D eigenvalue weighted by Gasteiger charge is -1.64. The van der Waals surface area contributed by atoms with Crippen molar-refractivity contribution in [3.05, 3.63) is 0 Å². The second-order valence-electron chi connectivity index (χ2n) is 1.73. The molecule has 0 heterocycles. The number of halogens is 1. The molecule has 0 aromatic heterocycles. The molecule has 5 heavy (non-hydrogen) atoms. The molecule has 1 aliphatic rings. The Morgan fingerprint density at radius 1 is 1.80 bits per heavy atom. The van der Waals surface area contributed by atoms with Crippen molar-refractivity contribution in [2.45, 2.75) is 18.2 Å². The van der Waals surface area contributed by atoms with E-state index in [0.717, 1.165) is 10.7 Å². The van der Waals surface area contributed by atoms with E-state index >= 15 is 0 Å². The van der Waals surface area contributed by atoms with E-state index in [4.69, 9.17) is 0 Å². The molecule has 0 N–H and O–H groups in total. The molecule has 1 heteroatoms. The number of hydrogen-bond acceptors (Lipinski definition) is 0. The summed E-state index contributed by atoms with van der Waals surface area (Å²) < 4.78 is 0. The first-order chi connectivity index (χ1) is 2.30. The van der Waals surface area contributed by atoms with E-state index in [2.05, 4.69) is 22.9 Å². The molecule has 1 aliphatic carbocycles. The second-order valence-corrected chi connectivity index (χ2v) is 2.91. The van der Waals surface area contributed by atoms with Gasteiger partial charge in [0.05, 0.1) is 0 Å². The van der Waals surface area contributed by atoms with Gasteiger partial charge in [0.25, 0.3) is 0 Å². The molecule has 30 valence electrons. The summed E-state index contributed by atoms with van der Waals surface area (Å²) in [5.41, 5.74) is 0. The summed E-state index contributed by atoms with van der Waals surface area (Å²) in [6.45, 7) is 2.25. The van der Waals surface area contributed by atoms with Crippen molar-refractivity contribution in [3.63, 3.8) is 0 Å². The predicted molar refractivity (Wildman–Crippen MR) is 26.5 cm³/mol. The Bertz CT molecular complexity index is 36.9. The zero-order valence-corrected chi connectivity index (χ0v) is 4.83. The van der Waals surface area contributed by atoms with E-state index in [-0.39, 0.29) is 0 Å². The molecule has 0 aliphatic heterocycles. The molecule has 0 spiro atoms. The lowest BCUT2D eigenvalue weighted by atomic mass is 10.5. The van der Waals surface area contributed by atoms with E-state index in [1.807, 2.05) is 0 Å². The molecule has 1 rings (SSSR count). The smallest absolute Gasteiger partial charge is 0.0174 e. The predicted octanol–water partition coefficient (Wildman–Crippen LogP) is 1.79. The third-order valence-corrected chi connectivity index (χ3v) is 2.29. The van der Waals surface area contributed by atoms with E-state index in [0.29, 0.717) is 0 Å². The van der Waals surface area contributed by atoms with Crippen LogP contribution in [0.2, 0.25) is 0 Å². The lowest BCUT2D eigenvalue weighted by Crippen LogP contribution is -1.59. The summed E-state index contributed by atoms with van der Waals surface area (Å²) in [6, 6.07) is 0. The zero-order chi connectivity index (χ0) is 3.86. The maximum Gasteiger partial charge on any atom is 0.0174 e. The summed E-state index contributed by atoms with van der Waals surface area (Å²) in [5.74, 6) is 0.968. The molecule has 0 amide bonds. The van der Waals surface area contributed by atoms with Gasteiger partial charge in [-0.1, -0.05) is 22.9 Å². The van der Waals surface area contributed by atoms with E-state index in [1.165, 1.54) is 6.42 Å². The maximum atomic E-state index is 3.45. The van der Waals surface area contributed by atoms with E-state index in [1.54, 1.807) is 0 Å². The van der Waals surface area contributed by atoms with Gasteiger partial charge in [-0.25, -0.2) is 0 Å². The molecule has 0 radical (unpaired) electrons. The van der Waals surface area contributed by atoms with Crippen molar-refractivity contribution >= 4 is 15.9 Å². The standard InChI is InChI=1S/C4H7Br/c1-3-2-4(3)5/h3-4H,2H2,1H3/t3-,4+/m1/s1. The summed E-state index contributed by atoms with van der Waals surface area (Å²) >= 11 is 3.45. The summed E-state index contributed by atoms with van der Waals surface area (Å²) in [7, 11) is 0. The highest BCUT2D eigenvalue weighted by Gasteiger charge is 2.28. The first-order valence-corrected chi connectivity index (χ1v) is 2.86. The van der Waals surface area contributed by atoms with Crippen LogP contribution in [-0.4, -0.2) is 4.83 Å². The zero-order valence-electron chi connectivity index (χ0n) is 3.24. The lowest BCUT2D eigenvalue weighted by molar-refractivity contribution is 0.991. The molecule has 1 fully saturated rings. The Kier molecular flexibility index (Phi) is 0.710. The summed E-state index contributed by atoms with van der Waals surface area (Å²) in [4.78, 5) is 0.863. The maximum absolute atomic E-state index is 3.45. The van der Waals surface area contributed by atoms with Gasteiger partial charge in [-0.2, -0.15) is 0 Å². The Morgan fingerprint density at radius 2 is 2.00 bits per heavy atom. The van der Waals surface area contributed by atoms with Gasteiger partial charge in [0, 0.05) is 4.83 Å². The average molecular weight is 135 g/mol. The molecule has 2 atom stereocenters. The topological polar surface area (TPSA) is 0 Å². The van der Waals surface area contributed by atoms with Crippen LogP contribution in [0.1, 0.15) is 13.3 Å². The van der Waals surface area contributed by atoms with Crippen LogP contribution in [0, 0.1) is 5.92 Å². The SMILES string of the molecule is C[C@@H]1C[C@@H]1Br. The molecule has 1 saturated carbocycles. The van der Waals surface area contributed by atoms with Crippen LogP contribution < -0.4 is 0 Å². The third-order valence-electron chi connectivity index (χ3n) is 1.01. The molecule has 0 aromatic carbocycles. The highest BCUT2D eigenvalue weighted by atomic mass is 79.9. The molecule has 0 saturated heterocycles. The monoisotopic (exact) mass is 134 g/mol. The molecular weight excluding hydrogens is 128 g/mol. The van der Waals surface area contributed by atoms with Gasteiger partial charge in [-0.05, 0) is 12.3 Å². The fourth-order valence-corrected chi connectivity index (χ4v) is 0.866. The number of hydrogen-bond donors (Lipinski definition) is 0. The van der Waals surface area contributed by atoms with Crippen molar-refractivity contribution in [3.8, 4) is 0 Å². The second kappa shape index (κ2) is 0.970. The van der Waals surface area contributed by atoms with Crippen molar-refractivity contribution in [1.29, 1.82) is 0 Å². The minimum absolute atomic E-state index is 0.863. The highest BCUT2D eigenvalue weighted by Crippen LogP contribution is 2.36.